The number of aliphatic hydroxyl groups excluding tert-OH is 1. The molecule has 0 saturated carbocycles. The Morgan fingerprint density at radius 3 is 2.00 bits per heavy atom. The van der Waals surface area contributed by atoms with Crippen molar-refractivity contribution in [3.63, 3.8) is 0 Å². The average Bonchev–Trinajstić information content (AvgIpc) is 2.17. The Labute approximate surface area is 83.8 Å². The molecule has 0 unspecified atom stereocenters. The lowest BCUT2D eigenvalue weighted by atomic mass is 10.1. The van der Waals surface area contributed by atoms with E-state index in [4.69, 9.17) is 5.11 Å². The van der Waals surface area contributed by atoms with Crippen LogP contribution in [-0.4, -0.2) is 36.4 Å². The molecule has 0 saturated heterocycles. The van der Waals surface area contributed by atoms with Crippen molar-refractivity contribution in [2.75, 3.05) is 6.61 Å². The Kier molecular flexibility index (Phi) is 7.18. The highest BCUT2D eigenvalue weighted by Crippen LogP contribution is 2.01. The molecule has 0 spiro atoms. The van der Waals surface area contributed by atoms with E-state index in [0.717, 1.165) is 6.29 Å². The molecule has 3 N–H and O–H groups in total. The van der Waals surface area contributed by atoms with Crippen LogP contribution in [0.2, 0.25) is 0 Å². The molecule has 82 valence electrons. The number of nitrogens with one attached hydrogen (secondary N) is 2. The van der Waals surface area contributed by atoms with E-state index in [-0.39, 0.29) is 12.6 Å². The fourth-order valence-electron chi connectivity index (χ4n) is 0.993. The Morgan fingerprint density at radius 1 is 1.14 bits per heavy atom. The molecule has 0 fully saturated rings. The van der Waals surface area contributed by atoms with Gasteiger partial charge in [0.1, 0.15) is 12.6 Å². The Morgan fingerprint density at radius 2 is 1.64 bits per heavy atom. The van der Waals surface area contributed by atoms with E-state index in [1.807, 2.05) is 13.8 Å². The molecule has 0 aliphatic rings. The van der Waals surface area contributed by atoms with Crippen molar-refractivity contribution < 1.29 is 14.7 Å². The summed E-state index contributed by atoms with van der Waals surface area (Å²) in [6.45, 7) is 3.71. The van der Waals surface area contributed by atoms with Crippen LogP contribution in [0.25, 0.3) is 0 Å². The normalized spacial score (nSPS) is 15.1. The van der Waals surface area contributed by atoms with Crippen LogP contribution in [-0.2, 0) is 9.59 Å². The van der Waals surface area contributed by atoms with Gasteiger partial charge in [-0.2, -0.15) is 0 Å². The molecule has 0 amide bonds. The number of carbonyl (C=O) groups is 2. The van der Waals surface area contributed by atoms with Crippen molar-refractivity contribution in [3.05, 3.63) is 0 Å². The molecule has 0 bridgehead atoms. The third-order valence-corrected chi connectivity index (χ3v) is 1.70. The molecule has 0 aliphatic heterocycles. The summed E-state index contributed by atoms with van der Waals surface area (Å²) in [5.41, 5.74) is 5.27. The predicted octanol–water partition coefficient (Wildman–Crippen LogP) is -0.746. The van der Waals surface area contributed by atoms with Gasteiger partial charge in [0, 0.05) is 0 Å². The van der Waals surface area contributed by atoms with Crippen molar-refractivity contribution in [2.24, 2.45) is 5.92 Å². The van der Waals surface area contributed by atoms with Gasteiger partial charge in [-0.15, -0.1) is 0 Å². The first-order valence-corrected chi connectivity index (χ1v) is 4.66. The van der Waals surface area contributed by atoms with Gasteiger partial charge in [-0.05, 0) is 12.3 Å². The van der Waals surface area contributed by atoms with E-state index in [2.05, 4.69) is 10.9 Å². The van der Waals surface area contributed by atoms with E-state index in [0.29, 0.717) is 18.6 Å². The SMILES string of the molecule is CC(C)C[C@@H](C=O)NN[C@H](C=O)CO. The highest BCUT2D eigenvalue weighted by molar-refractivity contribution is 5.59. The molecule has 0 rings (SSSR count). The van der Waals surface area contributed by atoms with Crippen molar-refractivity contribution in [1.82, 2.24) is 10.9 Å². The topological polar surface area (TPSA) is 78.4 Å². The standard InChI is InChI=1S/C9H18N2O3/c1-7(2)3-8(4-12)10-11-9(5-13)6-14/h4-5,7-11,14H,3,6H2,1-2H3/t8-,9+/m0/s1. The molecule has 0 aromatic rings. The van der Waals surface area contributed by atoms with Crippen LogP contribution in [0.1, 0.15) is 20.3 Å². The predicted molar refractivity (Wildman–Crippen MR) is 52.5 cm³/mol. The lowest BCUT2D eigenvalue weighted by molar-refractivity contribution is -0.112. The second-order valence-corrected chi connectivity index (χ2v) is 3.59. The highest BCUT2D eigenvalue weighted by atomic mass is 16.3. The van der Waals surface area contributed by atoms with Gasteiger partial charge in [0.25, 0.3) is 0 Å². The van der Waals surface area contributed by atoms with Gasteiger partial charge in [0.15, 0.2) is 0 Å². The second kappa shape index (κ2) is 7.61. The summed E-state index contributed by atoms with van der Waals surface area (Å²) in [6.07, 6.45) is 2.06. The molecule has 5 heteroatoms. The Balaban J connectivity index is 3.81. The lowest BCUT2D eigenvalue weighted by Crippen LogP contribution is -2.49. The highest BCUT2D eigenvalue weighted by Gasteiger charge is 2.11. The van der Waals surface area contributed by atoms with E-state index in [1.54, 1.807) is 0 Å². The zero-order valence-corrected chi connectivity index (χ0v) is 8.56. The van der Waals surface area contributed by atoms with Crippen molar-refractivity contribution >= 4 is 12.6 Å². The fourth-order valence-corrected chi connectivity index (χ4v) is 0.993. The lowest BCUT2D eigenvalue weighted by Gasteiger charge is -2.17. The van der Waals surface area contributed by atoms with Gasteiger partial charge in [-0.3, -0.25) is 0 Å². The number of hydrogen-bond donors (Lipinski definition) is 3. The van der Waals surface area contributed by atoms with Gasteiger partial charge in [0.2, 0.25) is 0 Å². The average molecular weight is 202 g/mol. The molecule has 0 aromatic heterocycles. The van der Waals surface area contributed by atoms with Crippen LogP contribution in [0.5, 0.6) is 0 Å². The van der Waals surface area contributed by atoms with Gasteiger partial charge in [0.05, 0.1) is 18.7 Å². The summed E-state index contributed by atoms with van der Waals surface area (Å²) in [5.74, 6) is 0.392. The van der Waals surface area contributed by atoms with Crippen molar-refractivity contribution in [2.45, 2.75) is 32.4 Å². The third-order valence-electron chi connectivity index (χ3n) is 1.70. The van der Waals surface area contributed by atoms with Gasteiger partial charge in [-0.1, -0.05) is 13.8 Å². The fraction of sp³-hybridized carbons (Fsp3) is 0.778. The number of rotatable bonds is 8. The maximum atomic E-state index is 10.6. The number of hydrogen-bond acceptors (Lipinski definition) is 5. The summed E-state index contributed by atoms with van der Waals surface area (Å²) in [6, 6.07) is -0.992. The molecule has 0 aliphatic carbocycles. The van der Waals surface area contributed by atoms with Crippen LogP contribution >= 0.6 is 0 Å². The van der Waals surface area contributed by atoms with Gasteiger partial charge in [-0.25, -0.2) is 10.9 Å². The molecule has 0 radical (unpaired) electrons. The molecule has 0 aromatic carbocycles. The minimum Gasteiger partial charge on any atom is -0.394 e. The van der Waals surface area contributed by atoms with Crippen LogP contribution in [0, 0.1) is 5.92 Å². The molecule has 14 heavy (non-hydrogen) atoms. The molecule has 0 heterocycles. The number of aldehydes is 2. The van der Waals surface area contributed by atoms with E-state index >= 15 is 0 Å². The Bertz CT molecular complexity index is 173. The molecular formula is C9H18N2O3. The third kappa shape index (κ3) is 5.80. The summed E-state index contributed by atoms with van der Waals surface area (Å²) >= 11 is 0. The summed E-state index contributed by atoms with van der Waals surface area (Å²) in [7, 11) is 0. The summed E-state index contributed by atoms with van der Waals surface area (Å²) in [4.78, 5) is 20.9. The smallest absolute Gasteiger partial charge is 0.140 e. The number of hydrazine groups is 1. The summed E-state index contributed by atoms with van der Waals surface area (Å²) < 4.78 is 0. The first-order valence-electron chi connectivity index (χ1n) is 4.66. The van der Waals surface area contributed by atoms with Crippen LogP contribution in [0.15, 0.2) is 0 Å². The first-order chi connectivity index (χ1) is 6.63. The zero-order chi connectivity index (χ0) is 11.0. The van der Waals surface area contributed by atoms with Crippen LogP contribution in [0.4, 0.5) is 0 Å². The van der Waals surface area contributed by atoms with Crippen molar-refractivity contribution in [3.8, 4) is 0 Å². The maximum Gasteiger partial charge on any atom is 0.140 e. The molecule has 5 nitrogen and oxygen atoms in total. The van der Waals surface area contributed by atoms with Gasteiger partial charge >= 0.3 is 0 Å². The Hall–Kier alpha value is -0.780. The molecule has 2 atom stereocenters. The summed E-state index contributed by atoms with van der Waals surface area (Å²) in [5, 5.41) is 8.67. The zero-order valence-electron chi connectivity index (χ0n) is 8.56. The minimum atomic E-state index is -0.662. The van der Waals surface area contributed by atoms with Gasteiger partial charge < -0.3 is 14.7 Å². The maximum absolute atomic E-state index is 10.6. The van der Waals surface area contributed by atoms with Crippen LogP contribution in [0.3, 0.4) is 0 Å². The second-order valence-electron chi connectivity index (χ2n) is 3.59. The first kappa shape index (κ1) is 13.2. The largest absolute Gasteiger partial charge is 0.394 e. The minimum absolute atomic E-state index is 0.288. The van der Waals surface area contributed by atoms with Crippen molar-refractivity contribution in [1.29, 1.82) is 0 Å². The quantitative estimate of drug-likeness (QED) is 0.357. The van der Waals surface area contributed by atoms with E-state index < -0.39 is 6.04 Å². The number of aliphatic hydroxyl groups is 1. The van der Waals surface area contributed by atoms with E-state index in [1.165, 1.54) is 0 Å². The molecular weight excluding hydrogens is 184 g/mol. The number of carbonyl (C=O) groups excluding carboxylic acids is 2. The monoisotopic (exact) mass is 202 g/mol. The van der Waals surface area contributed by atoms with Crippen LogP contribution < -0.4 is 10.9 Å². The van der Waals surface area contributed by atoms with E-state index in [9.17, 15) is 9.59 Å².